The molecule has 0 amide bonds. The van der Waals surface area contributed by atoms with E-state index in [-0.39, 0.29) is 5.41 Å². The Labute approximate surface area is 119 Å². The average Bonchev–Trinajstić information content (AvgIpc) is 2.34. The molecule has 0 saturated carbocycles. The monoisotopic (exact) mass is 262 g/mol. The summed E-state index contributed by atoms with van der Waals surface area (Å²) in [5, 5.41) is 3.42. The fourth-order valence-corrected chi connectivity index (χ4v) is 2.08. The molecule has 0 fully saturated rings. The van der Waals surface area contributed by atoms with E-state index in [1.165, 1.54) is 11.1 Å². The number of likely N-dealkylation sites (N-methyl/N-ethyl adjacent to an activating group) is 2. The lowest BCUT2D eigenvalue weighted by molar-refractivity contribution is 0.246. The zero-order chi connectivity index (χ0) is 14.6. The Morgan fingerprint density at radius 3 is 2.00 bits per heavy atom. The van der Waals surface area contributed by atoms with Crippen LogP contribution in [0.25, 0.3) is 0 Å². The van der Waals surface area contributed by atoms with Gasteiger partial charge in [0.15, 0.2) is 0 Å². The summed E-state index contributed by atoms with van der Waals surface area (Å²) in [4.78, 5) is 2.37. The Kier molecular flexibility index (Phi) is 5.57. The van der Waals surface area contributed by atoms with Crippen LogP contribution in [-0.2, 0) is 5.41 Å². The lowest BCUT2D eigenvalue weighted by atomic mass is 9.86. The molecule has 0 aliphatic heterocycles. The van der Waals surface area contributed by atoms with E-state index in [4.69, 9.17) is 0 Å². The Morgan fingerprint density at radius 1 is 1.11 bits per heavy atom. The quantitative estimate of drug-likeness (QED) is 0.872. The van der Waals surface area contributed by atoms with Gasteiger partial charge in [0, 0.05) is 18.6 Å². The maximum absolute atomic E-state index is 3.42. The summed E-state index contributed by atoms with van der Waals surface area (Å²) in [6.45, 7) is 12.3. The molecule has 0 spiro atoms. The van der Waals surface area contributed by atoms with Gasteiger partial charge in [0.1, 0.15) is 0 Å². The predicted octanol–water partition coefficient (Wildman–Crippen LogP) is 3.58. The van der Waals surface area contributed by atoms with Gasteiger partial charge < -0.3 is 10.2 Å². The summed E-state index contributed by atoms with van der Waals surface area (Å²) in [6, 6.07) is 10.0. The van der Waals surface area contributed by atoms with Gasteiger partial charge in [-0.1, -0.05) is 45.0 Å². The fourth-order valence-electron chi connectivity index (χ4n) is 2.08. The predicted molar refractivity (Wildman–Crippen MR) is 84.7 cm³/mol. The molecule has 2 heteroatoms. The minimum Gasteiger partial charge on any atom is -0.312 e. The Balaban J connectivity index is 2.82. The second-order valence-corrected chi connectivity index (χ2v) is 6.75. The second kappa shape index (κ2) is 6.53. The molecule has 1 atom stereocenters. The molecule has 108 valence electrons. The number of rotatable bonds is 5. The van der Waals surface area contributed by atoms with Crippen LogP contribution in [0.3, 0.4) is 0 Å². The van der Waals surface area contributed by atoms with Crippen LogP contribution in [0.15, 0.2) is 24.3 Å². The molecule has 0 aliphatic carbocycles. The average molecular weight is 262 g/mol. The molecule has 0 aromatic heterocycles. The summed E-state index contributed by atoms with van der Waals surface area (Å²) >= 11 is 0. The van der Waals surface area contributed by atoms with E-state index < -0.39 is 0 Å². The van der Waals surface area contributed by atoms with Crippen molar-refractivity contribution in [1.82, 2.24) is 10.2 Å². The van der Waals surface area contributed by atoms with E-state index in [9.17, 15) is 0 Å². The second-order valence-electron chi connectivity index (χ2n) is 6.75. The summed E-state index contributed by atoms with van der Waals surface area (Å²) in [6.07, 6.45) is 0. The zero-order valence-corrected chi connectivity index (χ0v) is 13.6. The number of benzene rings is 1. The molecule has 1 aromatic rings. The van der Waals surface area contributed by atoms with Crippen molar-refractivity contribution in [2.24, 2.45) is 0 Å². The highest BCUT2D eigenvalue weighted by molar-refractivity contribution is 5.29. The number of hydrogen-bond acceptors (Lipinski definition) is 2. The first-order chi connectivity index (χ1) is 8.75. The molecule has 1 rings (SSSR count). The fraction of sp³-hybridized carbons (Fsp3) is 0.647. The van der Waals surface area contributed by atoms with E-state index in [1.807, 2.05) is 7.05 Å². The lowest BCUT2D eigenvalue weighted by Crippen LogP contribution is -2.35. The van der Waals surface area contributed by atoms with Crippen LogP contribution >= 0.6 is 0 Å². The maximum Gasteiger partial charge on any atom is 0.0446 e. The molecule has 0 saturated heterocycles. The lowest BCUT2D eigenvalue weighted by Gasteiger charge is -2.27. The van der Waals surface area contributed by atoms with Crippen LogP contribution in [0.2, 0.25) is 0 Å². The molecule has 0 radical (unpaired) electrons. The van der Waals surface area contributed by atoms with Gasteiger partial charge in [-0.3, -0.25) is 0 Å². The smallest absolute Gasteiger partial charge is 0.0446 e. The van der Waals surface area contributed by atoms with Crippen molar-refractivity contribution in [3.63, 3.8) is 0 Å². The van der Waals surface area contributed by atoms with Gasteiger partial charge in [-0.2, -0.15) is 0 Å². The van der Waals surface area contributed by atoms with Crippen molar-refractivity contribution in [3.8, 4) is 0 Å². The van der Waals surface area contributed by atoms with Crippen molar-refractivity contribution in [2.45, 2.75) is 52.1 Å². The van der Waals surface area contributed by atoms with Gasteiger partial charge in [0.2, 0.25) is 0 Å². The first-order valence-corrected chi connectivity index (χ1v) is 7.23. The first-order valence-electron chi connectivity index (χ1n) is 7.23. The van der Waals surface area contributed by atoms with Gasteiger partial charge in [-0.15, -0.1) is 0 Å². The van der Waals surface area contributed by atoms with E-state index >= 15 is 0 Å². The Hall–Kier alpha value is -0.860. The standard InChI is InChI=1S/C17H30N2/c1-13(2)19(7)12-16(18-6)14-8-10-15(11-9-14)17(3,4)5/h8-11,13,16,18H,12H2,1-7H3. The highest BCUT2D eigenvalue weighted by atomic mass is 15.1. The van der Waals surface area contributed by atoms with Crippen molar-refractivity contribution < 1.29 is 0 Å². The molecule has 1 aromatic carbocycles. The Bertz CT molecular complexity index is 373. The molecule has 0 aliphatic rings. The van der Waals surface area contributed by atoms with Crippen molar-refractivity contribution in [3.05, 3.63) is 35.4 Å². The largest absolute Gasteiger partial charge is 0.312 e. The SMILES string of the molecule is CNC(CN(C)C(C)C)c1ccc(C(C)(C)C)cc1. The van der Waals surface area contributed by atoms with Crippen LogP contribution in [0.5, 0.6) is 0 Å². The topological polar surface area (TPSA) is 15.3 Å². The molecule has 2 nitrogen and oxygen atoms in total. The number of nitrogens with one attached hydrogen (secondary N) is 1. The Morgan fingerprint density at radius 2 is 1.63 bits per heavy atom. The van der Waals surface area contributed by atoms with Gasteiger partial charge in [-0.25, -0.2) is 0 Å². The van der Waals surface area contributed by atoms with Gasteiger partial charge in [-0.05, 0) is 44.5 Å². The molecular weight excluding hydrogens is 232 g/mol. The van der Waals surface area contributed by atoms with Gasteiger partial charge in [0.05, 0.1) is 0 Å². The van der Waals surface area contributed by atoms with Crippen molar-refractivity contribution >= 4 is 0 Å². The third-order valence-corrected chi connectivity index (χ3v) is 3.88. The molecule has 0 heterocycles. The third-order valence-electron chi connectivity index (χ3n) is 3.88. The number of nitrogens with zero attached hydrogens (tertiary/aromatic N) is 1. The molecule has 19 heavy (non-hydrogen) atoms. The highest BCUT2D eigenvalue weighted by Crippen LogP contribution is 2.24. The normalized spacial score (nSPS) is 14.2. The van der Waals surface area contributed by atoms with Crippen molar-refractivity contribution in [2.75, 3.05) is 20.6 Å². The maximum atomic E-state index is 3.42. The number of hydrogen-bond donors (Lipinski definition) is 1. The minimum atomic E-state index is 0.225. The zero-order valence-electron chi connectivity index (χ0n) is 13.6. The van der Waals surface area contributed by atoms with Crippen molar-refractivity contribution in [1.29, 1.82) is 0 Å². The summed E-state index contributed by atoms with van der Waals surface area (Å²) in [5.74, 6) is 0. The van der Waals surface area contributed by atoms with Crippen LogP contribution in [0, 0.1) is 0 Å². The highest BCUT2D eigenvalue weighted by Gasteiger charge is 2.16. The summed E-state index contributed by atoms with van der Waals surface area (Å²) in [7, 11) is 4.22. The van der Waals surface area contributed by atoms with Crippen LogP contribution in [0.1, 0.15) is 51.8 Å². The van der Waals surface area contributed by atoms with Crippen LogP contribution < -0.4 is 5.32 Å². The molecular formula is C17H30N2. The molecule has 1 unspecified atom stereocenters. The summed E-state index contributed by atoms with van der Waals surface area (Å²) in [5.41, 5.74) is 2.98. The van der Waals surface area contributed by atoms with E-state index in [2.05, 4.69) is 76.1 Å². The summed E-state index contributed by atoms with van der Waals surface area (Å²) < 4.78 is 0. The molecule has 1 N–H and O–H groups in total. The van der Waals surface area contributed by atoms with Crippen LogP contribution in [-0.4, -0.2) is 31.6 Å². The third kappa shape index (κ3) is 4.63. The minimum absolute atomic E-state index is 0.225. The van der Waals surface area contributed by atoms with Gasteiger partial charge >= 0.3 is 0 Å². The van der Waals surface area contributed by atoms with Gasteiger partial charge in [0.25, 0.3) is 0 Å². The van der Waals surface area contributed by atoms with E-state index in [0.717, 1.165) is 6.54 Å². The van der Waals surface area contributed by atoms with E-state index in [0.29, 0.717) is 12.1 Å². The van der Waals surface area contributed by atoms with E-state index in [1.54, 1.807) is 0 Å². The van der Waals surface area contributed by atoms with Crippen LogP contribution in [0.4, 0.5) is 0 Å². The molecule has 0 bridgehead atoms. The first kappa shape index (κ1) is 16.2.